The second-order valence-corrected chi connectivity index (χ2v) is 15.9. The van der Waals surface area contributed by atoms with Crippen LogP contribution in [0.25, 0.3) is 66.4 Å². The van der Waals surface area contributed by atoms with Crippen LogP contribution in [0, 0.1) is 0 Å². The monoisotopic (exact) mass is 761 g/mol. The lowest BCUT2D eigenvalue weighted by Crippen LogP contribution is -2.28. The first-order chi connectivity index (χ1) is 29.8. The van der Waals surface area contributed by atoms with Gasteiger partial charge in [0, 0.05) is 27.8 Å². The third-order valence-electron chi connectivity index (χ3n) is 12.9. The molecule has 0 fully saturated rings. The molecule has 0 amide bonds. The lowest BCUT2D eigenvalue weighted by molar-refractivity contribution is 0.768. The Morgan fingerprint density at radius 1 is 0.283 bits per heavy atom. The maximum Gasteiger partial charge on any atom is 0.0714 e. The number of fused-ring (bicyclic) bond motifs is 8. The molecule has 2 aliphatic carbocycles. The SMILES string of the molecule is c1ccc(-c2ccc(N(c3cccc4c3-c3ccccc3C4(c3ccccc3)c3ccccc3)c3c4c(c(-c5ccccc5)c5ccccc35)-c3ccccc3-4)cc2)cc1. The van der Waals surface area contributed by atoms with Crippen molar-refractivity contribution < 1.29 is 0 Å². The first kappa shape index (κ1) is 34.3. The summed E-state index contributed by atoms with van der Waals surface area (Å²) in [7, 11) is 0. The van der Waals surface area contributed by atoms with Crippen LogP contribution in [0.3, 0.4) is 0 Å². The minimum Gasteiger partial charge on any atom is -0.309 e. The van der Waals surface area contributed by atoms with Crippen LogP contribution in [0.4, 0.5) is 17.1 Å². The second-order valence-electron chi connectivity index (χ2n) is 15.9. The molecule has 0 bridgehead atoms. The molecule has 60 heavy (non-hydrogen) atoms. The van der Waals surface area contributed by atoms with Crippen LogP contribution < -0.4 is 4.90 Å². The summed E-state index contributed by atoms with van der Waals surface area (Å²) >= 11 is 0. The number of hydrogen-bond acceptors (Lipinski definition) is 1. The summed E-state index contributed by atoms with van der Waals surface area (Å²) in [4.78, 5) is 2.59. The average Bonchev–Trinajstić information content (AvgIpc) is 3.64. The standard InChI is InChI=1S/C59H39N/c1-5-20-40(21-6-1)41-36-38-45(39-37-41)60(58-49-31-16-15-30-48(49)54(42-22-7-2-8-23-42)56-46-28-13-14-29-47(46)57(56)58)53-35-19-34-52-55(53)50-32-17-18-33-51(50)59(52,43-24-9-3-10-25-43)44-26-11-4-12-27-44/h1-39H. The molecular formula is C59H39N. The highest BCUT2D eigenvalue weighted by Gasteiger charge is 2.47. The summed E-state index contributed by atoms with van der Waals surface area (Å²) in [6, 6.07) is 87.2. The summed E-state index contributed by atoms with van der Waals surface area (Å²) < 4.78 is 0. The summed E-state index contributed by atoms with van der Waals surface area (Å²) in [5, 5.41) is 2.46. The zero-order valence-electron chi connectivity index (χ0n) is 33.0. The van der Waals surface area contributed by atoms with Crippen LogP contribution in [0.15, 0.2) is 237 Å². The topological polar surface area (TPSA) is 3.24 Å². The van der Waals surface area contributed by atoms with E-state index in [9.17, 15) is 0 Å². The minimum absolute atomic E-state index is 0.524. The predicted octanol–water partition coefficient (Wildman–Crippen LogP) is 15.7. The minimum atomic E-state index is -0.524. The third kappa shape index (κ3) is 4.93. The van der Waals surface area contributed by atoms with E-state index in [1.807, 2.05) is 0 Å². The number of nitrogens with zero attached hydrogens (tertiary/aromatic N) is 1. The van der Waals surface area contributed by atoms with Crippen LogP contribution in [0.1, 0.15) is 22.3 Å². The number of benzene rings is 10. The fourth-order valence-corrected chi connectivity index (χ4v) is 10.4. The summed E-state index contributed by atoms with van der Waals surface area (Å²) in [6.45, 7) is 0. The molecule has 0 aromatic heterocycles. The quantitative estimate of drug-likeness (QED) is 0.156. The smallest absolute Gasteiger partial charge is 0.0714 e. The molecule has 10 aromatic carbocycles. The Balaban J connectivity index is 1.21. The molecule has 0 saturated carbocycles. The highest BCUT2D eigenvalue weighted by atomic mass is 15.2. The molecule has 2 aliphatic rings. The fraction of sp³-hybridized carbons (Fsp3) is 0.0169. The summed E-state index contributed by atoms with van der Waals surface area (Å²) in [5.74, 6) is 0. The van der Waals surface area contributed by atoms with E-state index < -0.39 is 5.41 Å². The number of anilines is 3. The molecule has 0 saturated heterocycles. The lowest BCUT2D eigenvalue weighted by atomic mass is 9.67. The summed E-state index contributed by atoms with van der Waals surface area (Å²) in [5.41, 5.74) is 20.7. The van der Waals surface area contributed by atoms with Crippen molar-refractivity contribution >= 4 is 27.8 Å². The van der Waals surface area contributed by atoms with Crippen LogP contribution in [0.5, 0.6) is 0 Å². The maximum atomic E-state index is 2.59. The van der Waals surface area contributed by atoms with Crippen molar-refractivity contribution in [1.29, 1.82) is 0 Å². The zero-order chi connectivity index (χ0) is 39.6. The van der Waals surface area contributed by atoms with E-state index in [0.717, 1.165) is 11.4 Å². The molecule has 12 rings (SSSR count). The van der Waals surface area contributed by atoms with E-state index in [2.05, 4.69) is 241 Å². The van der Waals surface area contributed by atoms with E-state index in [4.69, 9.17) is 0 Å². The van der Waals surface area contributed by atoms with Gasteiger partial charge in [-0.2, -0.15) is 0 Å². The van der Waals surface area contributed by atoms with Crippen molar-refractivity contribution in [3.8, 4) is 55.6 Å². The Labute approximate surface area is 351 Å². The largest absolute Gasteiger partial charge is 0.309 e. The van der Waals surface area contributed by atoms with Gasteiger partial charge in [-0.25, -0.2) is 0 Å². The fourth-order valence-electron chi connectivity index (χ4n) is 10.4. The highest BCUT2D eigenvalue weighted by Crippen LogP contribution is 2.64. The molecule has 0 radical (unpaired) electrons. The van der Waals surface area contributed by atoms with Crippen LogP contribution in [0.2, 0.25) is 0 Å². The van der Waals surface area contributed by atoms with Gasteiger partial charge in [0.1, 0.15) is 0 Å². The van der Waals surface area contributed by atoms with Gasteiger partial charge in [0.2, 0.25) is 0 Å². The molecule has 1 heteroatoms. The van der Waals surface area contributed by atoms with E-state index in [-0.39, 0.29) is 0 Å². The van der Waals surface area contributed by atoms with Gasteiger partial charge in [-0.3, -0.25) is 0 Å². The Hall–Kier alpha value is -7.74. The molecule has 0 aliphatic heterocycles. The normalized spacial score (nSPS) is 12.8. The van der Waals surface area contributed by atoms with Gasteiger partial charge < -0.3 is 4.90 Å². The summed E-state index contributed by atoms with van der Waals surface area (Å²) in [6.07, 6.45) is 0. The van der Waals surface area contributed by atoms with Gasteiger partial charge in [-0.05, 0) is 84.8 Å². The van der Waals surface area contributed by atoms with Gasteiger partial charge in [-0.1, -0.05) is 218 Å². The molecule has 0 unspecified atom stereocenters. The molecule has 0 N–H and O–H groups in total. The van der Waals surface area contributed by atoms with Gasteiger partial charge in [0.15, 0.2) is 0 Å². The number of hydrogen-bond donors (Lipinski definition) is 0. The van der Waals surface area contributed by atoms with Gasteiger partial charge in [0.05, 0.1) is 16.8 Å². The third-order valence-corrected chi connectivity index (χ3v) is 12.9. The maximum absolute atomic E-state index is 2.59. The van der Waals surface area contributed by atoms with Crippen molar-refractivity contribution in [3.05, 3.63) is 259 Å². The lowest BCUT2D eigenvalue weighted by Gasteiger charge is -2.38. The molecule has 0 atom stereocenters. The number of rotatable bonds is 7. The average molecular weight is 762 g/mol. The molecule has 0 spiro atoms. The predicted molar refractivity (Wildman–Crippen MR) is 251 cm³/mol. The van der Waals surface area contributed by atoms with Crippen LogP contribution in [-0.2, 0) is 5.41 Å². The zero-order valence-corrected chi connectivity index (χ0v) is 33.0. The first-order valence-electron chi connectivity index (χ1n) is 20.9. The Morgan fingerprint density at radius 3 is 1.42 bits per heavy atom. The van der Waals surface area contributed by atoms with Gasteiger partial charge >= 0.3 is 0 Å². The molecular weight excluding hydrogens is 723 g/mol. The van der Waals surface area contributed by atoms with Crippen LogP contribution >= 0.6 is 0 Å². The van der Waals surface area contributed by atoms with Crippen molar-refractivity contribution in [2.75, 3.05) is 4.90 Å². The Bertz CT molecular complexity index is 3180. The highest BCUT2D eigenvalue weighted by molar-refractivity contribution is 6.25. The Kier molecular flexibility index (Phi) is 7.83. The molecule has 0 heterocycles. The van der Waals surface area contributed by atoms with E-state index in [1.165, 1.54) is 94.3 Å². The van der Waals surface area contributed by atoms with Crippen molar-refractivity contribution in [2.24, 2.45) is 0 Å². The van der Waals surface area contributed by atoms with E-state index >= 15 is 0 Å². The van der Waals surface area contributed by atoms with Gasteiger partial charge in [-0.15, -0.1) is 0 Å². The molecule has 1 nitrogen and oxygen atoms in total. The van der Waals surface area contributed by atoms with Crippen LogP contribution in [-0.4, -0.2) is 0 Å². The van der Waals surface area contributed by atoms with Crippen molar-refractivity contribution in [2.45, 2.75) is 5.41 Å². The second kappa shape index (κ2) is 13.7. The molecule has 280 valence electrons. The van der Waals surface area contributed by atoms with Crippen molar-refractivity contribution in [1.82, 2.24) is 0 Å². The molecule has 10 aromatic rings. The first-order valence-corrected chi connectivity index (χ1v) is 20.9. The van der Waals surface area contributed by atoms with Gasteiger partial charge in [0.25, 0.3) is 0 Å². The van der Waals surface area contributed by atoms with E-state index in [0.29, 0.717) is 0 Å². The van der Waals surface area contributed by atoms with E-state index in [1.54, 1.807) is 0 Å². The van der Waals surface area contributed by atoms with Crippen molar-refractivity contribution in [3.63, 3.8) is 0 Å². The Morgan fingerprint density at radius 2 is 0.767 bits per heavy atom.